The third-order valence-electron chi connectivity index (χ3n) is 3.54. The van der Waals surface area contributed by atoms with E-state index in [2.05, 4.69) is 26.2 Å². The molecule has 0 saturated heterocycles. The minimum Gasteiger partial charge on any atom is -0.310 e. The van der Waals surface area contributed by atoms with Crippen molar-refractivity contribution in [3.05, 3.63) is 52.6 Å². The van der Waals surface area contributed by atoms with Crippen LogP contribution in [0, 0.1) is 0 Å². The van der Waals surface area contributed by atoms with Gasteiger partial charge in [-0.1, -0.05) is 12.1 Å². The normalized spacial score (nSPS) is 11.8. The van der Waals surface area contributed by atoms with Crippen LogP contribution in [0.3, 0.4) is 0 Å². The summed E-state index contributed by atoms with van der Waals surface area (Å²) < 4.78 is 26.4. The molecule has 0 aliphatic carbocycles. The van der Waals surface area contributed by atoms with Crippen molar-refractivity contribution in [3.63, 3.8) is 0 Å². The number of likely N-dealkylation sites (N-methyl/N-ethyl adjacent to an activating group) is 1. The number of halogens is 1. The molecule has 0 radical (unpaired) electrons. The number of carbonyl (C=O) groups is 1. The summed E-state index contributed by atoms with van der Waals surface area (Å²) >= 11 is 3.29. The highest BCUT2D eigenvalue weighted by atomic mass is 79.9. The minimum atomic E-state index is -3.48. The highest BCUT2D eigenvalue weighted by molar-refractivity contribution is 9.10. The first-order chi connectivity index (χ1) is 12.2. The van der Waals surface area contributed by atoms with Crippen molar-refractivity contribution in [2.24, 2.45) is 0 Å². The molecule has 0 saturated carbocycles. The van der Waals surface area contributed by atoms with Gasteiger partial charge in [0, 0.05) is 31.3 Å². The lowest BCUT2D eigenvalue weighted by Gasteiger charge is -2.17. The Labute approximate surface area is 162 Å². The molecule has 2 rings (SSSR count). The van der Waals surface area contributed by atoms with Crippen molar-refractivity contribution in [3.8, 4) is 0 Å². The van der Waals surface area contributed by atoms with Gasteiger partial charge in [0.15, 0.2) is 0 Å². The molecule has 0 aliphatic rings. The predicted octanol–water partition coefficient (Wildman–Crippen LogP) is 2.16. The van der Waals surface area contributed by atoms with Crippen molar-refractivity contribution in [2.45, 2.75) is 11.4 Å². The van der Waals surface area contributed by atoms with Gasteiger partial charge in [0.25, 0.3) is 0 Å². The second-order valence-electron chi connectivity index (χ2n) is 6.02. The average Bonchev–Trinajstić information content (AvgIpc) is 2.56. The topological polar surface area (TPSA) is 82.6 Å². The number of anilines is 1. The van der Waals surface area contributed by atoms with Crippen LogP contribution in [0.25, 0.3) is 0 Å². The van der Waals surface area contributed by atoms with Gasteiger partial charge >= 0.3 is 0 Å². The molecule has 1 aromatic heterocycles. The Balaban J connectivity index is 1.98. The van der Waals surface area contributed by atoms with E-state index in [1.807, 2.05) is 6.07 Å². The number of aromatic nitrogens is 1. The summed E-state index contributed by atoms with van der Waals surface area (Å²) in [5, 5.41) is 2.72. The van der Waals surface area contributed by atoms with E-state index in [9.17, 15) is 13.2 Å². The van der Waals surface area contributed by atoms with E-state index in [0.29, 0.717) is 12.4 Å². The lowest BCUT2D eigenvalue weighted by molar-refractivity contribution is -0.117. The highest BCUT2D eigenvalue weighted by Crippen LogP contribution is 2.16. The van der Waals surface area contributed by atoms with Crippen molar-refractivity contribution >= 4 is 37.7 Å². The second-order valence-corrected chi connectivity index (χ2v) is 9.08. The Bertz CT molecular complexity index is 870. The molecule has 0 aliphatic heterocycles. The first kappa shape index (κ1) is 20.5. The molecule has 9 heteroatoms. The largest absolute Gasteiger partial charge is 0.310 e. The molecule has 7 nitrogen and oxygen atoms in total. The zero-order valence-corrected chi connectivity index (χ0v) is 17.2. The van der Waals surface area contributed by atoms with E-state index in [-0.39, 0.29) is 17.3 Å². The van der Waals surface area contributed by atoms with E-state index >= 15 is 0 Å². The number of rotatable bonds is 7. The maximum Gasteiger partial charge on any atom is 0.242 e. The highest BCUT2D eigenvalue weighted by Gasteiger charge is 2.17. The number of hydrogen-bond donors (Lipinski definition) is 1. The quantitative estimate of drug-likeness (QED) is 0.712. The molecule has 1 amide bonds. The first-order valence-corrected chi connectivity index (χ1v) is 10.0. The number of pyridine rings is 1. The number of benzene rings is 1. The Kier molecular flexibility index (Phi) is 6.87. The van der Waals surface area contributed by atoms with Crippen LogP contribution in [0.2, 0.25) is 0 Å². The Morgan fingerprint density at radius 2 is 1.92 bits per heavy atom. The molecule has 2 aromatic rings. The monoisotopic (exact) mass is 440 g/mol. The molecule has 0 bridgehead atoms. The van der Waals surface area contributed by atoms with Crippen LogP contribution in [-0.2, 0) is 21.4 Å². The van der Waals surface area contributed by atoms with Crippen molar-refractivity contribution < 1.29 is 13.2 Å². The molecule has 26 heavy (non-hydrogen) atoms. The van der Waals surface area contributed by atoms with Crippen LogP contribution in [-0.4, -0.2) is 56.2 Å². The van der Waals surface area contributed by atoms with Crippen LogP contribution in [0.5, 0.6) is 0 Å². The molecule has 140 valence electrons. The number of nitrogens with zero attached hydrogens (tertiary/aromatic N) is 3. The van der Waals surface area contributed by atoms with Gasteiger partial charge in [-0.2, -0.15) is 0 Å². The average molecular weight is 441 g/mol. The lowest BCUT2D eigenvalue weighted by atomic mass is 10.2. The molecule has 1 heterocycles. The molecule has 0 atom stereocenters. The van der Waals surface area contributed by atoms with E-state index in [1.54, 1.807) is 48.5 Å². The lowest BCUT2D eigenvalue weighted by Crippen LogP contribution is -2.30. The summed E-state index contributed by atoms with van der Waals surface area (Å²) in [6, 6.07) is 10.2. The Morgan fingerprint density at radius 1 is 1.19 bits per heavy atom. The smallest absolute Gasteiger partial charge is 0.242 e. The second kappa shape index (κ2) is 8.72. The summed E-state index contributed by atoms with van der Waals surface area (Å²) in [6.45, 7) is 0.598. The van der Waals surface area contributed by atoms with E-state index < -0.39 is 10.0 Å². The van der Waals surface area contributed by atoms with E-state index in [1.165, 1.54) is 18.4 Å². The Hall–Kier alpha value is -1.81. The Morgan fingerprint density at radius 3 is 2.54 bits per heavy atom. The zero-order valence-electron chi connectivity index (χ0n) is 14.8. The summed E-state index contributed by atoms with van der Waals surface area (Å²) in [5.41, 5.74) is 0.810. The third kappa shape index (κ3) is 5.60. The van der Waals surface area contributed by atoms with Crippen LogP contribution in [0.4, 0.5) is 5.82 Å². The summed E-state index contributed by atoms with van der Waals surface area (Å²) in [7, 11) is 1.30. The zero-order chi connectivity index (χ0) is 19.3. The third-order valence-corrected chi connectivity index (χ3v) is 5.82. The SMILES string of the molecule is CN(CC(=O)Nc1ccc(Br)cn1)Cc1cccc(S(=O)(=O)N(C)C)c1. The summed E-state index contributed by atoms with van der Waals surface area (Å²) in [5.74, 6) is 0.282. The van der Waals surface area contributed by atoms with Crippen molar-refractivity contribution in [1.29, 1.82) is 0 Å². The number of nitrogens with one attached hydrogen (secondary N) is 1. The fourth-order valence-corrected chi connectivity index (χ4v) is 3.47. The van der Waals surface area contributed by atoms with Crippen LogP contribution >= 0.6 is 15.9 Å². The van der Waals surface area contributed by atoms with Gasteiger partial charge in [-0.3, -0.25) is 9.69 Å². The van der Waals surface area contributed by atoms with Gasteiger partial charge in [0.1, 0.15) is 5.82 Å². The predicted molar refractivity (Wildman–Crippen MR) is 104 cm³/mol. The molecule has 0 unspecified atom stereocenters. The number of carbonyl (C=O) groups excluding carboxylic acids is 1. The van der Waals surface area contributed by atoms with Crippen molar-refractivity contribution in [1.82, 2.24) is 14.2 Å². The number of hydrogen-bond acceptors (Lipinski definition) is 5. The van der Waals surface area contributed by atoms with Crippen LogP contribution in [0.15, 0.2) is 52.0 Å². The maximum absolute atomic E-state index is 12.2. The summed E-state index contributed by atoms with van der Waals surface area (Å²) in [6.07, 6.45) is 1.61. The first-order valence-electron chi connectivity index (χ1n) is 7.80. The molecular formula is C17H21BrN4O3S. The minimum absolute atomic E-state index is 0.155. The molecule has 0 spiro atoms. The van der Waals surface area contributed by atoms with E-state index in [4.69, 9.17) is 0 Å². The van der Waals surface area contributed by atoms with Gasteiger partial charge in [-0.25, -0.2) is 17.7 Å². The molecular weight excluding hydrogens is 420 g/mol. The van der Waals surface area contributed by atoms with Crippen LogP contribution < -0.4 is 5.32 Å². The number of sulfonamides is 1. The molecule has 0 fully saturated rings. The standard InChI is InChI=1S/C17H21BrN4O3S/c1-21(2)26(24,25)15-6-4-5-13(9-15)11-22(3)12-17(23)20-16-8-7-14(18)10-19-16/h4-10H,11-12H2,1-3H3,(H,19,20,23). The van der Waals surface area contributed by atoms with Gasteiger partial charge in [-0.05, 0) is 52.8 Å². The van der Waals surface area contributed by atoms with Crippen molar-refractivity contribution in [2.75, 3.05) is 33.0 Å². The van der Waals surface area contributed by atoms with Crippen LogP contribution in [0.1, 0.15) is 5.56 Å². The van der Waals surface area contributed by atoms with Gasteiger partial charge < -0.3 is 5.32 Å². The molecule has 1 N–H and O–H groups in total. The van der Waals surface area contributed by atoms with E-state index in [0.717, 1.165) is 10.0 Å². The van der Waals surface area contributed by atoms with Gasteiger partial charge in [0.2, 0.25) is 15.9 Å². The maximum atomic E-state index is 12.2. The fourth-order valence-electron chi connectivity index (χ4n) is 2.26. The van der Waals surface area contributed by atoms with Gasteiger partial charge in [-0.15, -0.1) is 0 Å². The fraction of sp³-hybridized carbons (Fsp3) is 0.294. The van der Waals surface area contributed by atoms with Gasteiger partial charge in [0.05, 0.1) is 11.4 Å². The number of amides is 1. The summed E-state index contributed by atoms with van der Waals surface area (Å²) in [4.78, 5) is 18.2. The molecule has 1 aromatic carbocycles.